The van der Waals surface area contributed by atoms with Crippen molar-refractivity contribution in [1.29, 1.82) is 0 Å². The highest BCUT2D eigenvalue weighted by atomic mass is 16.5. The molecule has 1 aliphatic rings. The summed E-state index contributed by atoms with van der Waals surface area (Å²) in [7, 11) is 0. The van der Waals surface area contributed by atoms with Crippen LogP contribution in [-0.2, 0) is 4.74 Å². The molecule has 1 saturated heterocycles. The Morgan fingerprint density at radius 3 is 2.83 bits per heavy atom. The summed E-state index contributed by atoms with van der Waals surface area (Å²) in [5, 5.41) is 0. The molecule has 102 valence electrons. The number of hydrogen-bond acceptors (Lipinski definition) is 4. The fourth-order valence-corrected chi connectivity index (χ4v) is 2.63. The maximum absolute atomic E-state index is 6.29. The third kappa shape index (κ3) is 2.94. The Morgan fingerprint density at radius 2 is 2.28 bits per heavy atom. The summed E-state index contributed by atoms with van der Waals surface area (Å²) in [4.78, 5) is 2.39. The Hall–Kier alpha value is -0.840. The van der Waals surface area contributed by atoms with Crippen molar-refractivity contribution in [2.45, 2.75) is 44.9 Å². The fraction of sp³-hybridized carbons (Fsp3) is 0.714. The summed E-state index contributed by atoms with van der Waals surface area (Å²) >= 11 is 0. The lowest BCUT2D eigenvalue weighted by atomic mass is 9.98. The fourth-order valence-electron chi connectivity index (χ4n) is 2.63. The van der Waals surface area contributed by atoms with E-state index in [2.05, 4.69) is 25.7 Å². The molecule has 18 heavy (non-hydrogen) atoms. The molecule has 2 atom stereocenters. The lowest BCUT2D eigenvalue weighted by molar-refractivity contribution is -0.102. The van der Waals surface area contributed by atoms with Gasteiger partial charge in [-0.25, -0.2) is 0 Å². The number of nitrogens with zero attached hydrogens (tertiary/aromatic N) is 1. The van der Waals surface area contributed by atoms with Crippen molar-refractivity contribution >= 4 is 0 Å². The van der Waals surface area contributed by atoms with E-state index in [1.807, 2.05) is 12.1 Å². The van der Waals surface area contributed by atoms with Gasteiger partial charge in [0.05, 0.1) is 24.5 Å². The molecule has 0 spiro atoms. The molecule has 0 aromatic carbocycles. The number of hydrogen-bond donors (Lipinski definition) is 1. The van der Waals surface area contributed by atoms with E-state index >= 15 is 0 Å². The van der Waals surface area contributed by atoms with Gasteiger partial charge in [-0.3, -0.25) is 4.90 Å². The van der Waals surface area contributed by atoms with Gasteiger partial charge in [-0.2, -0.15) is 0 Å². The number of morpholine rings is 1. The van der Waals surface area contributed by atoms with Gasteiger partial charge in [0.1, 0.15) is 5.76 Å². The molecule has 0 aliphatic carbocycles. The highest BCUT2D eigenvalue weighted by Gasteiger charge is 2.35. The van der Waals surface area contributed by atoms with Gasteiger partial charge in [0.2, 0.25) is 0 Å². The van der Waals surface area contributed by atoms with E-state index in [9.17, 15) is 0 Å². The van der Waals surface area contributed by atoms with Gasteiger partial charge in [0.25, 0.3) is 0 Å². The molecule has 0 amide bonds. The zero-order valence-corrected chi connectivity index (χ0v) is 11.6. The first kappa shape index (κ1) is 13.6. The minimum Gasteiger partial charge on any atom is -0.468 e. The van der Waals surface area contributed by atoms with Crippen molar-refractivity contribution in [3.05, 3.63) is 24.2 Å². The zero-order chi connectivity index (χ0) is 13.2. The number of furan rings is 1. The average molecular weight is 252 g/mol. The Balaban J connectivity index is 2.19. The third-order valence-electron chi connectivity index (χ3n) is 3.56. The van der Waals surface area contributed by atoms with Crippen molar-refractivity contribution < 1.29 is 9.15 Å². The summed E-state index contributed by atoms with van der Waals surface area (Å²) in [5.41, 5.74) is 6.17. The lowest BCUT2D eigenvalue weighted by Gasteiger charge is -2.43. The molecule has 1 fully saturated rings. The number of nitrogens with two attached hydrogens (primary N) is 1. The van der Waals surface area contributed by atoms with Crippen molar-refractivity contribution in [3.8, 4) is 0 Å². The van der Waals surface area contributed by atoms with Gasteiger partial charge in [0, 0.05) is 19.1 Å². The van der Waals surface area contributed by atoms with E-state index in [0.29, 0.717) is 0 Å². The third-order valence-corrected chi connectivity index (χ3v) is 3.56. The van der Waals surface area contributed by atoms with Gasteiger partial charge in [-0.1, -0.05) is 6.92 Å². The highest BCUT2D eigenvalue weighted by Crippen LogP contribution is 2.29. The lowest BCUT2D eigenvalue weighted by Crippen LogP contribution is -2.52. The standard InChI is InChI=1S/C14H24N2O2/c1-4-11(15)13(12-6-5-8-17-12)16-7-9-18-14(2,3)10-16/h5-6,8,11,13H,4,7,9-10,15H2,1-3H3. The predicted molar refractivity (Wildman–Crippen MR) is 71.3 cm³/mol. The molecule has 2 heterocycles. The second-order valence-corrected chi connectivity index (χ2v) is 5.61. The monoisotopic (exact) mass is 252 g/mol. The van der Waals surface area contributed by atoms with Crippen LogP contribution in [0.1, 0.15) is 39.0 Å². The average Bonchev–Trinajstić information content (AvgIpc) is 2.81. The molecule has 4 nitrogen and oxygen atoms in total. The minimum atomic E-state index is -0.115. The maximum Gasteiger partial charge on any atom is 0.122 e. The van der Waals surface area contributed by atoms with Crippen LogP contribution in [0.25, 0.3) is 0 Å². The van der Waals surface area contributed by atoms with Crippen LogP contribution < -0.4 is 5.73 Å². The molecular weight excluding hydrogens is 228 g/mol. The van der Waals surface area contributed by atoms with E-state index in [-0.39, 0.29) is 17.7 Å². The predicted octanol–water partition coefficient (Wildman–Crippen LogP) is 2.17. The second-order valence-electron chi connectivity index (χ2n) is 5.61. The molecule has 0 saturated carbocycles. The van der Waals surface area contributed by atoms with E-state index in [0.717, 1.165) is 31.9 Å². The van der Waals surface area contributed by atoms with Gasteiger partial charge in [-0.05, 0) is 32.4 Å². The van der Waals surface area contributed by atoms with Crippen LogP contribution in [0, 0.1) is 0 Å². The highest BCUT2D eigenvalue weighted by molar-refractivity contribution is 5.08. The SMILES string of the molecule is CCC(N)C(c1ccco1)N1CCOC(C)(C)C1. The summed E-state index contributed by atoms with van der Waals surface area (Å²) in [5.74, 6) is 0.960. The second kappa shape index (κ2) is 5.43. The molecule has 2 rings (SSSR count). The summed E-state index contributed by atoms with van der Waals surface area (Å²) < 4.78 is 11.3. The Kier molecular flexibility index (Phi) is 4.10. The molecule has 1 aliphatic heterocycles. The molecule has 0 bridgehead atoms. The van der Waals surface area contributed by atoms with Gasteiger partial charge < -0.3 is 14.9 Å². The normalized spacial score (nSPS) is 23.8. The first-order chi connectivity index (χ1) is 8.53. The molecule has 1 aromatic heterocycles. The van der Waals surface area contributed by atoms with Crippen LogP contribution in [0.4, 0.5) is 0 Å². The smallest absolute Gasteiger partial charge is 0.122 e. The van der Waals surface area contributed by atoms with E-state index in [1.165, 1.54) is 0 Å². The van der Waals surface area contributed by atoms with Crippen molar-refractivity contribution in [2.75, 3.05) is 19.7 Å². The number of ether oxygens (including phenoxy) is 1. The summed E-state index contributed by atoms with van der Waals surface area (Å²) in [6, 6.07) is 4.18. The quantitative estimate of drug-likeness (QED) is 0.892. The van der Waals surface area contributed by atoms with E-state index in [4.69, 9.17) is 14.9 Å². The van der Waals surface area contributed by atoms with Gasteiger partial charge in [0.15, 0.2) is 0 Å². The Labute approximate surface area is 109 Å². The molecular formula is C14H24N2O2. The maximum atomic E-state index is 6.29. The van der Waals surface area contributed by atoms with E-state index in [1.54, 1.807) is 6.26 Å². The Morgan fingerprint density at radius 1 is 1.50 bits per heavy atom. The van der Waals surface area contributed by atoms with Crippen LogP contribution in [0.15, 0.2) is 22.8 Å². The molecule has 0 radical (unpaired) electrons. The van der Waals surface area contributed by atoms with E-state index < -0.39 is 0 Å². The summed E-state index contributed by atoms with van der Waals surface area (Å²) in [6.07, 6.45) is 2.65. The van der Waals surface area contributed by atoms with Crippen LogP contribution in [-0.4, -0.2) is 36.2 Å². The van der Waals surface area contributed by atoms with Gasteiger partial charge >= 0.3 is 0 Å². The zero-order valence-electron chi connectivity index (χ0n) is 11.6. The topological polar surface area (TPSA) is 51.6 Å². The molecule has 4 heteroatoms. The molecule has 2 unspecified atom stereocenters. The largest absolute Gasteiger partial charge is 0.468 e. The van der Waals surface area contributed by atoms with Crippen molar-refractivity contribution in [3.63, 3.8) is 0 Å². The Bertz CT molecular complexity index is 362. The minimum absolute atomic E-state index is 0.0880. The van der Waals surface area contributed by atoms with Crippen LogP contribution >= 0.6 is 0 Å². The number of rotatable bonds is 4. The van der Waals surface area contributed by atoms with Gasteiger partial charge in [-0.15, -0.1) is 0 Å². The van der Waals surface area contributed by atoms with Crippen LogP contribution in [0.5, 0.6) is 0 Å². The van der Waals surface area contributed by atoms with Crippen molar-refractivity contribution in [2.24, 2.45) is 5.73 Å². The van der Waals surface area contributed by atoms with Crippen LogP contribution in [0.2, 0.25) is 0 Å². The summed E-state index contributed by atoms with van der Waals surface area (Å²) in [6.45, 7) is 8.90. The van der Waals surface area contributed by atoms with Crippen molar-refractivity contribution in [1.82, 2.24) is 4.90 Å². The first-order valence-corrected chi connectivity index (χ1v) is 6.70. The molecule has 1 aromatic rings. The molecule has 2 N–H and O–H groups in total. The van der Waals surface area contributed by atoms with Crippen LogP contribution in [0.3, 0.4) is 0 Å². The first-order valence-electron chi connectivity index (χ1n) is 6.70.